The minimum Gasteiger partial charge on any atom is -0.488 e. The number of benzene rings is 1. The third-order valence-corrected chi connectivity index (χ3v) is 6.33. The summed E-state index contributed by atoms with van der Waals surface area (Å²) in [5, 5.41) is 3.57. The van der Waals surface area contributed by atoms with E-state index in [0.29, 0.717) is 6.04 Å². The molecule has 1 N–H and O–H groups in total. The van der Waals surface area contributed by atoms with Crippen LogP contribution in [-0.4, -0.2) is 72.5 Å². The van der Waals surface area contributed by atoms with Gasteiger partial charge in [0.25, 0.3) is 0 Å². The third-order valence-electron chi connectivity index (χ3n) is 6.33. The molecule has 1 aromatic carbocycles. The van der Waals surface area contributed by atoms with E-state index in [4.69, 9.17) is 9.47 Å². The van der Waals surface area contributed by atoms with Crippen LogP contribution in [0.3, 0.4) is 0 Å². The second-order valence-corrected chi connectivity index (χ2v) is 8.86. The van der Waals surface area contributed by atoms with Gasteiger partial charge in [-0.05, 0) is 31.7 Å². The van der Waals surface area contributed by atoms with Gasteiger partial charge in [-0.15, -0.1) is 0 Å². The molecule has 0 atom stereocenters. The zero-order valence-electron chi connectivity index (χ0n) is 19.3. The summed E-state index contributed by atoms with van der Waals surface area (Å²) in [5.41, 5.74) is 2.82. The Morgan fingerprint density at radius 2 is 1.76 bits per heavy atom. The first-order valence-corrected chi connectivity index (χ1v) is 11.7. The van der Waals surface area contributed by atoms with Gasteiger partial charge >= 0.3 is 0 Å². The second-order valence-electron chi connectivity index (χ2n) is 8.86. The minimum atomic E-state index is 0.163. The molecule has 2 fully saturated rings. The Morgan fingerprint density at radius 1 is 0.970 bits per heavy atom. The van der Waals surface area contributed by atoms with E-state index in [-0.39, 0.29) is 6.10 Å². The van der Waals surface area contributed by atoms with Crippen LogP contribution >= 0.6 is 0 Å². The molecule has 0 amide bonds. The van der Waals surface area contributed by atoms with Crippen molar-refractivity contribution in [2.45, 2.75) is 37.8 Å². The molecule has 1 aliphatic heterocycles. The summed E-state index contributed by atoms with van der Waals surface area (Å²) in [6, 6.07) is 6.59. The van der Waals surface area contributed by atoms with Gasteiger partial charge in [0.15, 0.2) is 0 Å². The molecule has 3 heterocycles. The van der Waals surface area contributed by atoms with Crippen LogP contribution in [0.5, 0.6) is 5.75 Å². The Labute approximate surface area is 194 Å². The zero-order chi connectivity index (χ0) is 22.6. The zero-order valence-corrected chi connectivity index (χ0v) is 19.3. The van der Waals surface area contributed by atoms with E-state index in [9.17, 15) is 0 Å². The summed E-state index contributed by atoms with van der Waals surface area (Å²) < 4.78 is 12.0. The van der Waals surface area contributed by atoms with Gasteiger partial charge in [0, 0.05) is 63.4 Å². The number of fused-ring (bicyclic) bond motifs is 1. The molecule has 9 nitrogen and oxygen atoms in total. The number of rotatable bonds is 6. The van der Waals surface area contributed by atoms with Crippen molar-refractivity contribution < 1.29 is 9.47 Å². The molecule has 1 saturated heterocycles. The quantitative estimate of drug-likeness (QED) is 0.610. The van der Waals surface area contributed by atoms with E-state index in [1.54, 1.807) is 18.7 Å². The summed E-state index contributed by atoms with van der Waals surface area (Å²) in [6.45, 7) is 3.24. The van der Waals surface area contributed by atoms with E-state index in [2.05, 4.69) is 42.3 Å². The number of hydrogen-bond acceptors (Lipinski definition) is 9. The van der Waals surface area contributed by atoms with Gasteiger partial charge in [0.2, 0.25) is 0 Å². The lowest BCUT2D eigenvalue weighted by atomic mass is 9.93. The molecule has 1 aliphatic carbocycles. The molecular weight excluding hydrogens is 418 g/mol. The van der Waals surface area contributed by atoms with Crippen LogP contribution < -0.4 is 19.9 Å². The molecule has 3 aromatic rings. The highest BCUT2D eigenvalue weighted by molar-refractivity contribution is 5.85. The van der Waals surface area contributed by atoms with E-state index < -0.39 is 0 Å². The van der Waals surface area contributed by atoms with Gasteiger partial charge in [0.05, 0.1) is 24.8 Å². The molecule has 0 unspecified atom stereocenters. The fourth-order valence-electron chi connectivity index (χ4n) is 4.51. The van der Waals surface area contributed by atoms with Crippen LogP contribution in [0, 0.1) is 0 Å². The predicted molar refractivity (Wildman–Crippen MR) is 129 cm³/mol. The number of hydrogen-bond donors (Lipinski definition) is 1. The molecule has 33 heavy (non-hydrogen) atoms. The number of aromatic nitrogens is 4. The number of morpholine rings is 1. The van der Waals surface area contributed by atoms with E-state index >= 15 is 0 Å². The SMILES string of the molecule is CN(C)c1cc(NC2CCC(Oc3cc(N4CCOCC4)cc4nccnc34)CC2)ncn1. The summed E-state index contributed by atoms with van der Waals surface area (Å²) in [7, 11) is 3.97. The van der Waals surface area contributed by atoms with Crippen LogP contribution in [0.4, 0.5) is 17.3 Å². The van der Waals surface area contributed by atoms with Crippen molar-refractivity contribution in [2.24, 2.45) is 0 Å². The van der Waals surface area contributed by atoms with Crippen molar-refractivity contribution in [1.29, 1.82) is 0 Å². The Morgan fingerprint density at radius 3 is 2.55 bits per heavy atom. The summed E-state index contributed by atoms with van der Waals surface area (Å²) in [5.74, 6) is 2.60. The summed E-state index contributed by atoms with van der Waals surface area (Å²) in [6.07, 6.45) is 9.25. The van der Waals surface area contributed by atoms with E-state index in [0.717, 1.165) is 86.1 Å². The average Bonchev–Trinajstić information content (AvgIpc) is 2.86. The molecule has 174 valence electrons. The van der Waals surface area contributed by atoms with Crippen LogP contribution in [-0.2, 0) is 4.74 Å². The Balaban J connectivity index is 1.26. The number of nitrogens with zero attached hydrogens (tertiary/aromatic N) is 6. The molecular formula is C24H31N7O2. The molecule has 2 aromatic heterocycles. The summed E-state index contributed by atoms with van der Waals surface area (Å²) >= 11 is 0. The fourth-order valence-corrected chi connectivity index (χ4v) is 4.51. The maximum Gasteiger partial charge on any atom is 0.149 e. The number of ether oxygens (including phenoxy) is 2. The monoisotopic (exact) mass is 449 g/mol. The lowest BCUT2D eigenvalue weighted by molar-refractivity contribution is 0.122. The predicted octanol–water partition coefficient (Wildman–Crippen LogP) is 3.12. The maximum atomic E-state index is 6.53. The molecule has 0 radical (unpaired) electrons. The van der Waals surface area contributed by atoms with Crippen molar-refractivity contribution in [3.63, 3.8) is 0 Å². The maximum absolute atomic E-state index is 6.53. The van der Waals surface area contributed by atoms with Crippen LogP contribution in [0.1, 0.15) is 25.7 Å². The standard InChI is InChI=1S/C24H31N7O2/c1-30(2)23-15-22(27-16-28-23)29-17-3-5-19(6-4-17)33-21-14-18(31-9-11-32-12-10-31)13-20-24(21)26-8-7-25-20/h7-8,13-17,19H,3-6,9-12H2,1-2H3,(H,27,28,29). The number of anilines is 3. The van der Waals surface area contributed by atoms with Crippen LogP contribution in [0.25, 0.3) is 11.0 Å². The first kappa shape index (κ1) is 21.6. The van der Waals surface area contributed by atoms with Crippen LogP contribution in [0.2, 0.25) is 0 Å². The normalized spacial score (nSPS) is 21.1. The molecule has 0 bridgehead atoms. The van der Waals surface area contributed by atoms with Gasteiger partial charge in [-0.2, -0.15) is 0 Å². The van der Waals surface area contributed by atoms with E-state index in [1.807, 2.05) is 25.1 Å². The highest BCUT2D eigenvalue weighted by Gasteiger charge is 2.24. The van der Waals surface area contributed by atoms with Gasteiger partial charge in [-0.25, -0.2) is 15.0 Å². The lowest BCUT2D eigenvalue weighted by Crippen LogP contribution is -2.36. The molecule has 2 aliphatic rings. The van der Waals surface area contributed by atoms with Gasteiger partial charge in [0.1, 0.15) is 29.2 Å². The smallest absolute Gasteiger partial charge is 0.149 e. The van der Waals surface area contributed by atoms with Crippen molar-refractivity contribution in [1.82, 2.24) is 19.9 Å². The fraction of sp³-hybridized carbons (Fsp3) is 0.500. The first-order chi connectivity index (χ1) is 16.2. The lowest BCUT2D eigenvalue weighted by Gasteiger charge is -2.31. The third kappa shape index (κ3) is 5.08. The van der Waals surface area contributed by atoms with Gasteiger partial charge in [-0.1, -0.05) is 0 Å². The molecule has 1 saturated carbocycles. The minimum absolute atomic E-state index is 0.163. The van der Waals surface area contributed by atoms with Crippen molar-refractivity contribution in [3.05, 3.63) is 36.9 Å². The topological polar surface area (TPSA) is 88.5 Å². The largest absolute Gasteiger partial charge is 0.488 e. The van der Waals surface area contributed by atoms with Gasteiger partial charge in [-0.3, -0.25) is 4.98 Å². The average molecular weight is 450 g/mol. The Kier molecular flexibility index (Phi) is 6.39. The molecule has 0 spiro atoms. The Hall–Kier alpha value is -3.20. The second kappa shape index (κ2) is 9.74. The molecule has 5 rings (SSSR count). The van der Waals surface area contributed by atoms with Crippen molar-refractivity contribution in [3.8, 4) is 5.75 Å². The van der Waals surface area contributed by atoms with E-state index in [1.165, 1.54) is 0 Å². The molecule has 9 heteroatoms. The van der Waals surface area contributed by atoms with Crippen molar-refractivity contribution in [2.75, 3.05) is 55.5 Å². The van der Waals surface area contributed by atoms with Gasteiger partial charge < -0.3 is 24.6 Å². The Bertz CT molecular complexity index is 1080. The highest BCUT2D eigenvalue weighted by atomic mass is 16.5. The highest BCUT2D eigenvalue weighted by Crippen LogP contribution is 2.33. The van der Waals surface area contributed by atoms with Crippen LogP contribution in [0.15, 0.2) is 36.9 Å². The van der Waals surface area contributed by atoms with Crippen molar-refractivity contribution >= 4 is 28.4 Å². The summed E-state index contributed by atoms with van der Waals surface area (Å²) in [4.78, 5) is 22.1. The number of nitrogens with one attached hydrogen (secondary N) is 1. The first-order valence-electron chi connectivity index (χ1n) is 11.7.